The summed E-state index contributed by atoms with van der Waals surface area (Å²) in [7, 11) is 1.54. The van der Waals surface area contributed by atoms with Gasteiger partial charge in [0.05, 0.1) is 5.41 Å². The van der Waals surface area contributed by atoms with E-state index in [1.807, 2.05) is 0 Å². The van der Waals surface area contributed by atoms with Gasteiger partial charge in [-0.2, -0.15) is 0 Å². The Bertz CT molecular complexity index is 485. The summed E-state index contributed by atoms with van der Waals surface area (Å²) in [4.78, 5) is 24.1. The molecule has 2 amide bonds. The van der Waals surface area contributed by atoms with Crippen LogP contribution in [0.5, 0.6) is 5.75 Å². The van der Waals surface area contributed by atoms with Gasteiger partial charge < -0.3 is 15.5 Å². The van der Waals surface area contributed by atoms with E-state index in [1.165, 1.54) is 37.9 Å². The first kappa shape index (κ1) is 14.8. The molecule has 0 saturated carbocycles. The molecule has 0 saturated heterocycles. The maximum Gasteiger partial charge on any atom is 0.321 e. The third kappa shape index (κ3) is 3.87. The molecule has 0 radical (unpaired) electrons. The highest BCUT2D eigenvalue weighted by Crippen LogP contribution is 2.19. The molecule has 6 heteroatoms. The van der Waals surface area contributed by atoms with Crippen LogP contribution in [0.15, 0.2) is 24.3 Å². The first-order valence-electron chi connectivity index (χ1n) is 5.78. The predicted molar refractivity (Wildman–Crippen MR) is 71.3 cm³/mol. The average Bonchev–Trinajstić information content (AvgIpc) is 2.35. The van der Waals surface area contributed by atoms with Crippen LogP contribution in [0.1, 0.15) is 13.8 Å². The van der Waals surface area contributed by atoms with E-state index >= 15 is 0 Å². The van der Waals surface area contributed by atoms with Crippen molar-refractivity contribution in [1.29, 1.82) is 0 Å². The van der Waals surface area contributed by atoms with Crippen LogP contribution in [0.25, 0.3) is 0 Å². The van der Waals surface area contributed by atoms with Crippen LogP contribution >= 0.6 is 0 Å². The van der Waals surface area contributed by atoms with Gasteiger partial charge in [-0.1, -0.05) is 6.07 Å². The van der Waals surface area contributed by atoms with Crippen LogP contribution in [-0.2, 0) is 4.79 Å². The highest BCUT2D eigenvalue weighted by molar-refractivity contribution is 5.92. The maximum atomic E-state index is 11.9. The van der Waals surface area contributed by atoms with Crippen LogP contribution in [0.4, 0.5) is 10.5 Å². The highest BCUT2D eigenvalue weighted by atomic mass is 16.4. The zero-order valence-electron chi connectivity index (χ0n) is 11.2. The Morgan fingerprint density at radius 1 is 1.37 bits per heavy atom. The summed E-state index contributed by atoms with van der Waals surface area (Å²) < 4.78 is 0. The Hall–Kier alpha value is -2.24. The summed E-state index contributed by atoms with van der Waals surface area (Å²) in [5, 5.41) is 20.8. The van der Waals surface area contributed by atoms with Gasteiger partial charge in [0, 0.05) is 25.3 Å². The Kier molecular flexibility index (Phi) is 4.37. The third-order valence-corrected chi connectivity index (χ3v) is 2.78. The molecule has 0 atom stereocenters. The fraction of sp³-hybridized carbons (Fsp3) is 0.385. The Morgan fingerprint density at radius 3 is 2.53 bits per heavy atom. The number of aromatic hydroxyl groups is 1. The van der Waals surface area contributed by atoms with Gasteiger partial charge in [0.1, 0.15) is 5.75 Å². The molecule has 6 nitrogen and oxygen atoms in total. The lowest BCUT2D eigenvalue weighted by Crippen LogP contribution is -2.44. The van der Waals surface area contributed by atoms with Crippen molar-refractivity contribution in [3.8, 4) is 5.75 Å². The molecule has 0 heterocycles. The fourth-order valence-corrected chi connectivity index (χ4v) is 1.31. The summed E-state index contributed by atoms with van der Waals surface area (Å²) in [6.07, 6.45) is 0. The standard InChI is InChI=1S/C13H18N2O4/c1-13(2,11(17)18)8-14-12(19)15(3)9-5-4-6-10(16)7-9/h4-7,16H,8H2,1-3H3,(H,14,19)(H,17,18). The van der Waals surface area contributed by atoms with Crippen LogP contribution in [0.3, 0.4) is 0 Å². The molecule has 104 valence electrons. The number of amides is 2. The van der Waals surface area contributed by atoms with Gasteiger partial charge in [-0.15, -0.1) is 0 Å². The minimum Gasteiger partial charge on any atom is -0.508 e. The van der Waals surface area contributed by atoms with Crippen LogP contribution in [-0.4, -0.2) is 35.8 Å². The lowest BCUT2D eigenvalue weighted by atomic mass is 9.94. The average molecular weight is 266 g/mol. The van der Waals surface area contributed by atoms with Crippen molar-refractivity contribution in [2.45, 2.75) is 13.8 Å². The zero-order chi connectivity index (χ0) is 14.6. The summed E-state index contributed by atoms with van der Waals surface area (Å²) in [6.45, 7) is 3.08. The molecule has 0 bridgehead atoms. The lowest BCUT2D eigenvalue weighted by molar-refractivity contribution is -0.146. The third-order valence-electron chi connectivity index (χ3n) is 2.78. The summed E-state index contributed by atoms with van der Waals surface area (Å²) in [5.41, 5.74) is -0.513. The maximum absolute atomic E-state index is 11.9. The van der Waals surface area contributed by atoms with E-state index in [4.69, 9.17) is 5.11 Å². The number of rotatable bonds is 4. The van der Waals surface area contributed by atoms with Crippen molar-refractivity contribution in [1.82, 2.24) is 5.32 Å². The van der Waals surface area contributed by atoms with Gasteiger partial charge in [0.2, 0.25) is 0 Å². The van der Waals surface area contributed by atoms with Crippen LogP contribution in [0.2, 0.25) is 0 Å². The molecule has 1 rings (SSSR count). The van der Waals surface area contributed by atoms with Gasteiger partial charge in [-0.3, -0.25) is 9.69 Å². The molecule has 0 unspecified atom stereocenters. The Labute approximate surface area is 111 Å². The lowest BCUT2D eigenvalue weighted by Gasteiger charge is -2.23. The molecular weight excluding hydrogens is 248 g/mol. The van der Waals surface area contributed by atoms with E-state index in [9.17, 15) is 14.7 Å². The first-order chi connectivity index (χ1) is 8.74. The van der Waals surface area contributed by atoms with Crippen molar-refractivity contribution in [3.05, 3.63) is 24.3 Å². The number of carbonyl (C=O) groups excluding carboxylic acids is 1. The smallest absolute Gasteiger partial charge is 0.321 e. The molecule has 0 spiro atoms. The first-order valence-corrected chi connectivity index (χ1v) is 5.78. The number of benzene rings is 1. The Morgan fingerprint density at radius 2 is 2.00 bits per heavy atom. The monoisotopic (exact) mass is 266 g/mol. The minimum absolute atomic E-state index is 0.0182. The van der Waals surface area contributed by atoms with Crippen LogP contribution in [0, 0.1) is 5.41 Å². The van der Waals surface area contributed by atoms with Gasteiger partial charge in [-0.25, -0.2) is 4.79 Å². The van der Waals surface area contributed by atoms with Crippen molar-refractivity contribution in [3.63, 3.8) is 0 Å². The molecule has 0 aromatic heterocycles. The number of hydrogen-bond donors (Lipinski definition) is 3. The number of carboxylic acid groups (broad SMARTS) is 1. The van der Waals surface area contributed by atoms with E-state index in [0.717, 1.165) is 0 Å². The molecule has 19 heavy (non-hydrogen) atoms. The molecule has 1 aromatic carbocycles. The molecule has 0 fully saturated rings. The summed E-state index contributed by atoms with van der Waals surface area (Å²) >= 11 is 0. The van der Waals surface area contributed by atoms with Crippen molar-refractivity contribution < 1.29 is 19.8 Å². The number of anilines is 1. The van der Waals surface area contributed by atoms with E-state index in [0.29, 0.717) is 5.69 Å². The second kappa shape index (κ2) is 5.60. The van der Waals surface area contributed by atoms with Gasteiger partial charge in [0.25, 0.3) is 0 Å². The molecule has 0 aliphatic heterocycles. The van der Waals surface area contributed by atoms with Crippen LogP contribution < -0.4 is 10.2 Å². The number of phenols is 1. The van der Waals surface area contributed by atoms with Crippen molar-refractivity contribution >= 4 is 17.7 Å². The molecule has 1 aromatic rings. The van der Waals surface area contributed by atoms with Gasteiger partial charge in [-0.05, 0) is 26.0 Å². The number of hydrogen-bond acceptors (Lipinski definition) is 3. The van der Waals surface area contributed by atoms with Crippen molar-refractivity contribution in [2.24, 2.45) is 5.41 Å². The number of urea groups is 1. The minimum atomic E-state index is -1.03. The van der Waals surface area contributed by atoms with Crippen molar-refractivity contribution in [2.75, 3.05) is 18.5 Å². The number of carbonyl (C=O) groups is 2. The van der Waals surface area contributed by atoms with Gasteiger partial charge in [0.15, 0.2) is 0 Å². The van der Waals surface area contributed by atoms with E-state index in [2.05, 4.69) is 5.32 Å². The molecule has 0 aliphatic carbocycles. The van der Waals surface area contributed by atoms with E-state index < -0.39 is 17.4 Å². The fourth-order valence-electron chi connectivity index (χ4n) is 1.31. The predicted octanol–water partition coefficient (Wildman–Crippen LogP) is 1.65. The second-order valence-corrected chi connectivity index (χ2v) is 4.93. The second-order valence-electron chi connectivity index (χ2n) is 4.93. The number of aliphatic carboxylic acids is 1. The number of nitrogens with zero attached hydrogens (tertiary/aromatic N) is 1. The van der Waals surface area contributed by atoms with E-state index in [1.54, 1.807) is 12.1 Å². The summed E-state index contributed by atoms with van der Waals surface area (Å²) in [6, 6.07) is 5.81. The highest BCUT2D eigenvalue weighted by Gasteiger charge is 2.28. The largest absolute Gasteiger partial charge is 0.508 e. The topological polar surface area (TPSA) is 89.9 Å². The Balaban J connectivity index is 2.66. The number of nitrogens with one attached hydrogen (secondary N) is 1. The summed E-state index contributed by atoms with van der Waals surface area (Å²) in [5.74, 6) is -0.921. The van der Waals surface area contributed by atoms with E-state index in [-0.39, 0.29) is 12.3 Å². The molecule has 3 N–H and O–H groups in total. The molecule has 0 aliphatic rings. The van der Waals surface area contributed by atoms with Gasteiger partial charge >= 0.3 is 12.0 Å². The molecular formula is C13H18N2O4. The normalized spacial score (nSPS) is 10.9. The zero-order valence-corrected chi connectivity index (χ0v) is 11.2. The SMILES string of the molecule is CN(C(=O)NCC(C)(C)C(=O)O)c1cccc(O)c1. The number of carboxylic acids is 1. The quantitative estimate of drug-likeness (QED) is 0.773. The number of phenolic OH excluding ortho intramolecular Hbond substituents is 1.